The fourth-order valence-electron chi connectivity index (χ4n) is 2.98. The van der Waals surface area contributed by atoms with Gasteiger partial charge in [-0.25, -0.2) is 13.6 Å². The van der Waals surface area contributed by atoms with Gasteiger partial charge in [0.2, 0.25) is 5.91 Å². The van der Waals surface area contributed by atoms with Crippen LogP contribution in [-0.4, -0.2) is 83.0 Å². The second-order valence-corrected chi connectivity index (χ2v) is 5.81. The highest BCUT2D eigenvalue weighted by molar-refractivity contribution is 5.86. The van der Waals surface area contributed by atoms with Crippen LogP contribution in [0, 0.1) is 0 Å². The highest BCUT2D eigenvalue weighted by Crippen LogP contribution is 2.21. The molecule has 120 valence electrons. The van der Waals surface area contributed by atoms with E-state index in [9.17, 15) is 18.4 Å². The minimum Gasteiger partial charge on any atom is -0.465 e. The molecule has 8 heteroatoms. The number of carboxylic acid groups (broad SMARTS) is 1. The molecule has 0 spiro atoms. The van der Waals surface area contributed by atoms with E-state index in [4.69, 9.17) is 5.11 Å². The molecule has 2 saturated heterocycles. The number of carbonyl (C=O) groups is 2. The monoisotopic (exact) mass is 305 g/mol. The number of hydrogen-bond donors (Lipinski definition) is 1. The highest BCUT2D eigenvalue weighted by atomic mass is 19.3. The number of hydrogen-bond acceptors (Lipinski definition) is 3. The van der Waals surface area contributed by atoms with E-state index in [1.165, 1.54) is 4.90 Å². The molecule has 0 bridgehead atoms. The lowest BCUT2D eigenvalue weighted by atomic mass is 10.1. The van der Waals surface area contributed by atoms with Gasteiger partial charge < -0.3 is 10.0 Å². The molecule has 6 nitrogen and oxygen atoms in total. The van der Waals surface area contributed by atoms with Crippen LogP contribution in [0.15, 0.2) is 0 Å². The first-order valence-electron chi connectivity index (χ1n) is 7.16. The van der Waals surface area contributed by atoms with Crippen molar-refractivity contribution in [2.45, 2.75) is 31.7 Å². The van der Waals surface area contributed by atoms with E-state index in [1.807, 2.05) is 0 Å². The van der Waals surface area contributed by atoms with Gasteiger partial charge in [-0.1, -0.05) is 0 Å². The molecule has 2 aliphatic rings. The van der Waals surface area contributed by atoms with Crippen molar-refractivity contribution in [1.82, 2.24) is 14.7 Å². The van der Waals surface area contributed by atoms with Gasteiger partial charge in [0, 0.05) is 39.6 Å². The molecule has 21 heavy (non-hydrogen) atoms. The second-order valence-electron chi connectivity index (χ2n) is 5.81. The second kappa shape index (κ2) is 6.13. The van der Waals surface area contributed by atoms with Crippen LogP contribution in [0.5, 0.6) is 0 Å². The molecule has 2 rings (SSSR count). The Morgan fingerprint density at radius 2 is 1.81 bits per heavy atom. The van der Waals surface area contributed by atoms with Gasteiger partial charge in [-0.3, -0.25) is 14.6 Å². The number of halogens is 2. The topological polar surface area (TPSA) is 64.1 Å². The summed E-state index contributed by atoms with van der Waals surface area (Å²) in [7, 11) is 0. The molecular formula is C13H21F2N3O3. The molecule has 1 atom stereocenters. The molecule has 0 saturated carbocycles. The molecule has 0 radical (unpaired) electrons. The summed E-state index contributed by atoms with van der Waals surface area (Å²) in [5.74, 6) is -2.93. The Kier molecular flexibility index (Phi) is 4.65. The lowest BCUT2D eigenvalue weighted by molar-refractivity contribution is -0.137. The maximum absolute atomic E-state index is 13.0. The largest absolute Gasteiger partial charge is 0.465 e. The van der Waals surface area contributed by atoms with Gasteiger partial charge in [-0.15, -0.1) is 0 Å². The van der Waals surface area contributed by atoms with E-state index >= 15 is 0 Å². The van der Waals surface area contributed by atoms with Crippen molar-refractivity contribution < 1.29 is 23.5 Å². The van der Waals surface area contributed by atoms with E-state index in [0.29, 0.717) is 45.6 Å². The van der Waals surface area contributed by atoms with Gasteiger partial charge in [0.1, 0.15) is 6.04 Å². The zero-order valence-electron chi connectivity index (χ0n) is 12.1. The standard InChI is InChI=1S/C13H21F2N3O3/c1-13(14,15)9-16-5-7-17(8-6-16)11(19)10-3-2-4-18(10)12(20)21/h10H,2-9H2,1H3,(H,20,21). The molecule has 0 aliphatic carbocycles. The average Bonchev–Trinajstić information content (AvgIpc) is 2.86. The van der Waals surface area contributed by atoms with E-state index in [1.54, 1.807) is 9.80 Å². The van der Waals surface area contributed by atoms with Crippen LogP contribution in [0.25, 0.3) is 0 Å². The van der Waals surface area contributed by atoms with Crippen LogP contribution in [0.1, 0.15) is 19.8 Å². The lowest BCUT2D eigenvalue weighted by Crippen LogP contribution is -2.55. The Morgan fingerprint density at radius 3 is 2.33 bits per heavy atom. The highest BCUT2D eigenvalue weighted by Gasteiger charge is 2.38. The van der Waals surface area contributed by atoms with Crippen LogP contribution in [-0.2, 0) is 4.79 Å². The Labute approximate surface area is 122 Å². The van der Waals surface area contributed by atoms with Crippen LogP contribution in [0.4, 0.5) is 13.6 Å². The molecule has 0 aromatic heterocycles. The third-order valence-corrected chi connectivity index (χ3v) is 3.97. The molecule has 2 aliphatic heterocycles. The maximum Gasteiger partial charge on any atom is 0.407 e. The summed E-state index contributed by atoms with van der Waals surface area (Å²) < 4.78 is 25.9. The summed E-state index contributed by atoms with van der Waals surface area (Å²) in [5.41, 5.74) is 0. The molecule has 1 unspecified atom stereocenters. The van der Waals surface area contributed by atoms with Crippen molar-refractivity contribution >= 4 is 12.0 Å². The van der Waals surface area contributed by atoms with Gasteiger partial charge in [0.15, 0.2) is 0 Å². The van der Waals surface area contributed by atoms with E-state index < -0.39 is 18.1 Å². The predicted molar refractivity (Wildman–Crippen MR) is 71.4 cm³/mol. The number of likely N-dealkylation sites (tertiary alicyclic amines) is 1. The zero-order chi connectivity index (χ0) is 15.6. The van der Waals surface area contributed by atoms with Gasteiger partial charge in [0.25, 0.3) is 5.92 Å². The fraction of sp³-hybridized carbons (Fsp3) is 0.846. The van der Waals surface area contributed by atoms with Crippen molar-refractivity contribution in [3.63, 3.8) is 0 Å². The Hall–Kier alpha value is -1.44. The van der Waals surface area contributed by atoms with Crippen molar-refractivity contribution in [2.75, 3.05) is 39.3 Å². The molecule has 2 heterocycles. The third kappa shape index (κ3) is 4.03. The molecule has 0 aromatic rings. The number of carbonyl (C=O) groups excluding carboxylic acids is 1. The SMILES string of the molecule is CC(F)(F)CN1CCN(C(=O)C2CCCN2C(=O)O)CC1. The van der Waals surface area contributed by atoms with E-state index in [-0.39, 0.29) is 12.5 Å². The Bertz CT molecular complexity index is 406. The maximum atomic E-state index is 13.0. The van der Waals surface area contributed by atoms with E-state index in [0.717, 1.165) is 6.92 Å². The predicted octanol–water partition coefficient (Wildman–Crippen LogP) is 0.928. The van der Waals surface area contributed by atoms with Crippen LogP contribution in [0.3, 0.4) is 0 Å². The Balaban J connectivity index is 1.87. The summed E-state index contributed by atoms with van der Waals surface area (Å²) >= 11 is 0. The summed E-state index contributed by atoms with van der Waals surface area (Å²) in [6.45, 7) is 2.50. The van der Waals surface area contributed by atoms with Crippen LogP contribution >= 0.6 is 0 Å². The average molecular weight is 305 g/mol. The normalized spacial score (nSPS) is 24.4. The first kappa shape index (κ1) is 15.9. The Morgan fingerprint density at radius 1 is 1.19 bits per heavy atom. The molecular weight excluding hydrogens is 284 g/mol. The first-order valence-corrected chi connectivity index (χ1v) is 7.16. The number of alkyl halides is 2. The number of amides is 2. The minimum atomic E-state index is -2.74. The number of nitrogens with zero attached hydrogens (tertiary/aromatic N) is 3. The van der Waals surface area contributed by atoms with Crippen molar-refractivity contribution in [2.24, 2.45) is 0 Å². The van der Waals surface area contributed by atoms with Crippen LogP contribution in [0.2, 0.25) is 0 Å². The van der Waals surface area contributed by atoms with E-state index in [2.05, 4.69) is 0 Å². The summed E-state index contributed by atoms with van der Waals surface area (Å²) in [6, 6.07) is -0.610. The minimum absolute atomic E-state index is 0.196. The number of piperazine rings is 1. The van der Waals surface area contributed by atoms with Gasteiger partial charge in [-0.05, 0) is 12.8 Å². The quantitative estimate of drug-likeness (QED) is 0.842. The summed E-state index contributed by atoms with van der Waals surface area (Å²) in [6.07, 6.45) is 0.151. The lowest BCUT2D eigenvalue weighted by Gasteiger charge is -2.37. The van der Waals surface area contributed by atoms with Gasteiger partial charge >= 0.3 is 6.09 Å². The smallest absolute Gasteiger partial charge is 0.407 e. The van der Waals surface area contributed by atoms with Crippen molar-refractivity contribution in [1.29, 1.82) is 0 Å². The summed E-state index contributed by atoms with van der Waals surface area (Å²) in [4.78, 5) is 27.8. The molecule has 0 aromatic carbocycles. The zero-order valence-corrected chi connectivity index (χ0v) is 12.1. The molecule has 2 fully saturated rings. The van der Waals surface area contributed by atoms with Gasteiger partial charge in [0.05, 0.1) is 6.54 Å². The van der Waals surface area contributed by atoms with Crippen molar-refractivity contribution in [3.05, 3.63) is 0 Å². The first-order chi connectivity index (χ1) is 9.78. The summed E-state index contributed by atoms with van der Waals surface area (Å²) in [5, 5.41) is 9.06. The number of rotatable bonds is 3. The molecule has 1 N–H and O–H groups in total. The van der Waals surface area contributed by atoms with Crippen LogP contribution < -0.4 is 0 Å². The third-order valence-electron chi connectivity index (χ3n) is 3.97. The van der Waals surface area contributed by atoms with Crippen molar-refractivity contribution in [3.8, 4) is 0 Å². The van der Waals surface area contributed by atoms with Gasteiger partial charge in [-0.2, -0.15) is 0 Å². The molecule has 2 amide bonds. The fourth-order valence-corrected chi connectivity index (χ4v) is 2.98.